The summed E-state index contributed by atoms with van der Waals surface area (Å²) in [6, 6.07) is 6.30. The second-order valence-electron chi connectivity index (χ2n) is 14.7. The number of nitrogens with one attached hydrogen (secondary N) is 1. The van der Waals surface area contributed by atoms with E-state index in [0.717, 1.165) is 42.4 Å². The first-order chi connectivity index (χ1) is 23.2. The summed E-state index contributed by atoms with van der Waals surface area (Å²) in [5.74, 6) is -0.170. The average Bonchev–Trinajstić information content (AvgIpc) is 3.35. The van der Waals surface area contributed by atoms with Crippen molar-refractivity contribution < 1.29 is 14.0 Å². The molecule has 8 atom stereocenters. The SMILES string of the molecule is Cc1nc2c(F)c(C3=CC=C[C@@H](Cl)C3Cl)c(CCC#N)cc2c2c1cc([C@H]1[C@H]3C[C@H](CN(C)C3=O)N1C(=O)C1CC1)n2[C@H]1[C@H]2CN[C@@H]1C2. The van der Waals surface area contributed by atoms with Gasteiger partial charge in [-0.15, -0.1) is 23.2 Å². The molecule has 11 heteroatoms. The van der Waals surface area contributed by atoms with Gasteiger partial charge in [-0.1, -0.05) is 18.2 Å². The maximum absolute atomic E-state index is 17.1. The van der Waals surface area contributed by atoms with Crippen LogP contribution in [0.2, 0.25) is 0 Å². The molecular formula is C37H37Cl2FN6O2. The van der Waals surface area contributed by atoms with Crippen molar-refractivity contribution >= 4 is 62.4 Å². The van der Waals surface area contributed by atoms with E-state index in [-0.39, 0.29) is 53.7 Å². The molecule has 4 aliphatic heterocycles. The van der Waals surface area contributed by atoms with Crippen molar-refractivity contribution in [3.8, 4) is 6.07 Å². The number of benzene rings is 1. The number of nitrogens with zero attached hydrogens (tertiary/aromatic N) is 5. The minimum absolute atomic E-state index is 0.0216. The lowest BCUT2D eigenvalue weighted by Crippen LogP contribution is -2.45. The topological polar surface area (TPSA) is 94.3 Å². The molecule has 3 aromatic rings. The number of piperidine rings is 1. The van der Waals surface area contributed by atoms with E-state index in [1.165, 1.54) is 0 Å². The Labute approximate surface area is 288 Å². The predicted octanol–water partition coefficient (Wildman–Crippen LogP) is 5.93. The molecule has 1 N–H and O–H groups in total. The van der Waals surface area contributed by atoms with E-state index in [4.69, 9.17) is 28.2 Å². The lowest BCUT2D eigenvalue weighted by atomic mass is 9.79. The molecule has 48 heavy (non-hydrogen) atoms. The molecule has 4 saturated heterocycles. The van der Waals surface area contributed by atoms with Crippen LogP contribution in [0.4, 0.5) is 4.39 Å². The van der Waals surface area contributed by atoms with E-state index in [1.54, 1.807) is 23.1 Å². The summed E-state index contributed by atoms with van der Waals surface area (Å²) in [5.41, 5.74) is 4.40. The number of pyridine rings is 1. The molecule has 2 saturated carbocycles. The quantitative estimate of drug-likeness (QED) is 0.324. The number of likely N-dealkylation sites (N-methyl/N-ethyl adjacent to an activating group) is 1. The normalized spacial score (nSPS) is 32.2. The second kappa shape index (κ2) is 11.0. The van der Waals surface area contributed by atoms with Gasteiger partial charge in [0.15, 0.2) is 5.82 Å². The standard InChI is InChI=1S/C37H37Cl2FN6O2/c1-17-23-14-28(35-25-13-21(16-44(2)37(25)48)45(35)36(47)18-8-9-18)46(33-20-12-27(33)42-15-20)34(23)24-11-19(5-4-10-41)29(31(40)32(24)43-17)22-6-3-7-26(38)30(22)39/h3,6-7,11,14,18,20-21,25-27,30,33,35,42H,4-5,8-9,12-13,15-16H2,1-2H3/t20-,21-,25-,26-,27-,30?,33+,35-/m1/s1. The number of rotatable bonds is 6. The van der Waals surface area contributed by atoms with Gasteiger partial charge in [-0.25, -0.2) is 9.37 Å². The summed E-state index contributed by atoms with van der Waals surface area (Å²) in [5, 5.41) is 13.7. The number of fused-ring (bicyclic) bond motifs is 6. The summed E-state index contributed by atoms with van der Waals surface area (Å²) in [7, 11) is 1.84. The summed E-state index contributed by atoms with van der Waals surface area (Å²) in [6.45, 7) is 3.34. The maximum Gasteiger partial charge on any atom is 0.228 e. The first-order valence-electron chi connectivity index (χ1n) is 17.2. The number of halogens is 3. The molecule has 248 valence electrons. The Bertz CT molecular complexity index is 2020. The third kappa shape index (κ3) is 4.31. The number of nitriles is 1. The minimum atomic E-state index is -0.645. The Hall–Kier alpha value is -3.45. The molecule has 8 nitrogen and oxygen atoms in total. The third-order valence-corrected chi connectivity index (χ3v) is 12.9. The van der Waals surface area contributed by atoms with Crippen LogP contribution >= 0.6 is 23.2 Å². The molecule has 0 spiro atoms. The first-order valence-corrected chi connectivity index (χ1v) is 18.1. The monoisotopic (exact) mass is 686 g/mol. The Morgan fingerprint density at radius 1 is 1.21 bits per heavy atom. The average molecular weight is 688 g/mol. The smallest absolute Gasteiger partial charge is 0.228 e. The van der Waals surface area contributed by atoms with Crippen molar-refractivity contribution in [1.82, 2.24) is 24.7 Å². The Morgan fingerprint density at radius 3 is 2.73 bits per heavy atom. The Morgan fingerprint density at radius 2 is 2.02 bits per heavy atom. The highest BCUT2D eigenvalue weighted by Gasteiger charge is 2.57. The highest BCUT2D eigenvalue weighted by Crippen LogP contribution is 2.54. The number of carbonyl (C=O) groups is 2. The number of carbonyl (C=O) groups excluding carboxylic acids is 2. The fourth-order valence-electron chi connectivity index (χ4n) is 9.49. The molecule has 2 aromatic heterocycles. The second-order valence-corrected chi connectivity index (χ2v) is 15.7. The molecule has 1 unspecified atom stereocenters. The van der Waals surface area contributed by atoms with E-state index in [1.807, 2.05) is 20.0 Å². The van der Waals surface area contributed by atoms with Gasteiger partial charge in [0.25, 0.3) is 0 Å². The van der Waals surface area contributed by atoms with Crippen LogP contribution in [-0.4, -0.2) is 74.1 Å². The zero-order chi connectivity index (χ0) is 33.2. The van der Waals surface area contributed by atoms with Gasteiger partial charge in [0.2, 0.25) is 11.8 Å². The van der Waals surface area contributed by atoms with E-state index in [2.05, 4.69) is 26.9 Å². The molecular weight excluding hydrogens is 650 g/mol. The number of likely N-dealkylation sites (tertiary alicyclic amines) is 2. The van der Waals surface area contributed by atoms with Crippen LogP contribution < -0.4 is 5.32 Å². The number of alkyl halides is 2. The van der Waals surface area contributed by atoms with E-state index < -0.39 is 22.6 Å². The van der Waals surface area contributed by atoms with Crippen molar-refractivity contribution in [3.63, 3.8) is 0 Å². The molecule has 1 aromatic carbocycles. The Balaban J connectivity index is 1.33. The highest BCUT2D eigenvalue weighted by molar-refractivity contribution is 6.35. The van der Waals surface area contributed by atoms with Crippen molar-refractivity contribution in [2.45, 2.75) is 80.4 Å². The number of amides is 2. The van der Waals surface area contributed by atoms with Gasteiger partial charge in [0, 0.05) is 66.2 Å². The number of hydrogen-bond acceptors (Lipinski definition) is 5. The van der Waals surface area contributed by atoms with Crippen molar-refractivity contribution in [3.05, 3.63) is 58.7 Å². The largest absolute Gasteiger partial charge is 0.343 e. The van der Waals surface area contributed by atoms with Gasteiger partial charge in [0.05, 0.1) is 46.4 Å². The van der Waals surface area contributed by atoms with Gasteiger partial charge < -0.3 is 19.7 Å². The van der Waals surface area contributed by atoms with Crippen LogP contribution in [-0.2, 0) is 16.0 Å². The third-order valence-electron chi connectivity index (χ3n) is 11.9. The number of aromatic nitrogens is 2. The van der Waals surface area contributed by atoms with E-state index in [9.17, 15) is 14.9 Å². The molecule has 3 aliphatic carbocycles. The van der Waals surface area contributed by atoms with E-state index >= 15 is 4.39 Å². The van der Waals surface area contributed by atoms with Gasteiger partial charge in [-0.05, 0) is 68.2 Å². The minimum Gasteiger partial charge on any atom is -0.343 e. The summed E-state index contributed by atoms with van der Waals surface area (Å²) in [6.07, 6.45) is 9.44. The van der Waals surface area contributed by atoms with Crippen molar-refractivity contribution in [2.75, 3.05) is 20.1 Å². The summed E-state index contributed by atoms with van der Waals surface area (Å²) >= 11 is 13.3. The molecule has 6 heterocycles. The van der Waals surface area contributed by atoms with Gasteiger partial charge in [-0.2, -0.15) is 5.26 Å². The molecule has 0 radical (unpaired) electrons. The van der Waals surface area contributed by atoms with Gasteiger partial charge >= 0.3 is 0 Å². The molecule has 4 bridgehead atoms. The van der Waals surface area contributed by atoms with Crippen LogP contribution in [0.15, 0.2) is 30.4 Å². The number of aryl methyl sites for hydroxylation is 2. The van der Waals surface area contributed by atoms with Crippen molar-refractivity contribution in [1.29, 1.82) is 5.26 Å². The highest BCUT2D eigenvalue weighted by atomic mass is 35.5. The lowest BCUT2D eigenvalue weighted by molar-refractivity contribution is -0.136. The molecule has 10 rings (SSSR count). The van der Waals surface area contributed by atoms with Crippen LogP contribution in [0, 0.1) is 41.8 Å². The molecule has 7 aliphatic rings. The predicted molar refractivity (Wildman–Crippen MR) is 183 cm³/mol. The summed E-state index contributed by atoms with van der Waals surface area (Å²) < 4.78 is 19.5. The lowest BCUT2D eigenvalue weighted by Gasteiger charge is -2.40. The van der Waals surface area contributed by atoms with E-state index in [0.29, 0.717) is 53.1 Å². The Kier molecular flexibility index (Phi) is 7.03. The summed E-state index contributed by atoms with van der Waals surface area (Å²) in [4.78, 5) is 36.6. The molecule has 6 fully saturated rings. The van der Waals surface area contributed by atoms with Gasteiger partial charge in [0.1, 0.15) is 5.52 Å². The maximum atomic E-state index is 17.1. The fraction of sp³-hybridized carbons (Fsp3) is 0.514. The zero-order valence-corrected chi connectivity index (χ0v) is 28.4. The van der Waals surface area contributed by atoms with Crippen LogP contribution in [0.5, 0.6) is 0 Å². The van der Waals surface area contributed by atoms with Crippen molar-refractivity contribution in [2.24, 2.45) is 17.8 Å². The van der Waals surface area contributed by atoms with Crippen LogP contribution in [0.3, 0.4) is 0 Å². The van der Waals surface area contributed by atoms with Crippen LogP contribution in [0.1, 0.15) is 66.7 Å². The number of hydrogen-bond donors (Lipinski definition) is 1. The first kappa shape index (κ1) is 30.6. The van der Waals surface area contributed by atoms with Gasteiger partial charge in [-0.3, -0.25) is 9.59 Å². The number of allylic oxidation sites excluding steroid dienone is 4. The zero-order valence-electron chi connectivity index (χ0n) is 26.9. The fourth-order valence-corrected chi connectivity index (χ4v) is 9.98. The molecule has 2 amide bonds. The van der Waals surface area contributed by atoms with Crippen LogP contribution in [0.25, 0.3) is 27.4 Å².